The van der Waals surface area contributed by atoms with Crippen molar-refractivity contribution < 1.29 is 14.6 Å². The summed E-state index contributed by atoms with van der Waals surface area (Å²) < 4.78 is 5.63. The molecule has 1 heterocycles. The van der Waals surface area contributed by atoms with Crippen molar-refractivity contribution in [3.8, 4) is 0 Å². The monoisotopic (exact) mass is 269 g/mol. The molecular weight excluding hydrogens is 242 g/mol. The van der Waals surface area contributed by atoms with E-state index in [9.17, 15) is 9.90 Å². The van der Waals surface area contributed by atoms with Gasteiger partial charge in [-0.2, -0.15) is 0 Å². The molecule has 19 heavy (non-hydrogen) atoms. The first-order chi connectivity index (χ1) is 9.15. The van der Waals surface area contributed by atoms with Crippen LogP contribution < -0.4 is 0 Å². The normalized spacial score (nSPS) is 36.5. The number of rotatable bonds is 5. The van der Waals surface area contributed by atoms with Gasteiger partial charge in [0.25, 0.3) is 0 Å². The molecule has 4 nitrogen and oxygen atoms in total. The van der Waals surface area contributed by atoms with Gasteiger partial charge in [0.2, 0.25) is 0 Å². The molecule has 2 aliphatic rings. The van der Waals surface area contributed by atoms with Crippen LogP contribution in [0.3, 0.4) is 0 Å². The van der Waals surface area contributed by atoms with Crippen LogP contribution >= 0.6 is 0 Å². The van der Waals surface area contributed by atoms with Gasteiger partial charge in [-0.15, -0.1) is 0 Å². The molecule has 2 fully saturated rings. The average molecular weight is 269 g/mol. The number of ether oxygens (including phenoxy) is 1. The highest BCUT2D eigenvalue weighted by atomic mass is 16.5. The fourth-order valence-electron chi connectivity index (χ4n) is 4.11. The van der Waals surface area contributed by atoms with E-state index in [1.165, 1.54) is 12.8 Å². The molecule has 0 amide bonds. The second-order valence-corrected chi connectivity index (χ2v) is 6.01. The van der Waals surface area contributed by atoms with Gasteiger partial charge < -0.3 is 9.84 Å². The number of aliphatic carboxylic acids is 1. The van der Waals surface area contributed by atoms with Gasteiger partial charge in [-0.05, 0) is 38.6 Å². The molecular formula is C15H27NO3. The molecule has 0 aromatic carbocycles. The third-order valence-corrected chi connectivity index (χ3v) is 4.97. The number of carboxylic acid groups (broad SMARTS) is 1. The predicted octanol–water partition coefficient (Wildman–Crippen LogP) is 2.66. The average Bonchev–Trinajstić information content (AvgIpc) is 2.84. The summed E-state index contributed by atoms with van der Waals surface area (Å²) in [6.45, 7) is 2.99. The predicted molar refractivity (Wildman–Crippen MR) is 74.3 cm³/mol. The van der Waals surface area contributed by atoms with E-state index in [1.807, 2.05) is 0 Å². The minimum Gasteiger partial charge on any atom is -0.480 e. The first-order valence-electron chi connectivity index (χ1n) is 7.68. The van der Waals surface area contributed by atoms with Crippen molar-refractivity contribution in [2.24, 2.45) is 0 Å². The lowest BCUT2D eigenvalue weighted by molar-refractivity contribution is -0.154. The van der Waals surface area contributed by atoms with Crippen LogP contribution in [0.4, 0.5) is 0 Å². The minimum atomic E-state index is -0.632. The molecule has 2 rings (SSSR count). The largest absolute Gasteiger partial charge is 0.480 e. The SMILES string of the molecule is CCCC1(C(=O)O)CCCN1C1CCCCC1OC. The third-order valence-electron chi connectivity index (χ3n) is 4.97. The zero-order valence-corrected chi connectivity index (χ0v) is 12.2. The van der Waals surface area contributed by atoms with Crippen LogP contribution in [0.15, 0.2) is 0 Å². The zero-order chi connectivity index (χ0) is 13.9. The first-order valence-corrected chi connectivity index (χ1v) is 7.68. The highest BCUT2D eigenvalue weighted by molar-refractivity contribution is 5.79. The van der Waals surface area contributed by atoms with Crippen molar-refractivity contribution in [3.05, 3.63) is 0 Å². The molecule has 1 aliphatic heterocycles. The van der Waals surface area contributed by atoms with E-state index in [0.29, 0.717) is 6.04 Å². The second kappa shape index (κ2) is 6.23. The van der Waals surface area contributed by atoms with Crippen LogP contribution in [0.1, 0.15) is 58.3 Å². The quantitative estimate of drug-likeness (QED) is 0.833. The number of nitrogens with zero attached hydrogens (tertiary/aromatic N) is 1. The van der Waals surface area contributed by atoms with Crippen LogP contribution in [-0.4, -0.2) is 47.3 Å². The van der Waals surface area contributed by atoms with Crippen molar-refractivity contribution in [2.75, 3.05) is 13.7 Å². The molecule has 0 aromatic heterocycles. The lowest BCUT2D eigenvalue weighted by Crippen LogP contribution is -2.58. The number of likely N-dealkylation sites (tertiary alicyclic amines) is 1. The summed E-state index contributed by atoms with van der Waals surface area (Å²) in [7, 11) is 1.77. The zero-order valence-electron chi connectivity index (χ0n) is 12.2. The van der Waals surface area contributed by atoms with E-state index in [0.717, 1.165) is 45.1 Å². The summed E-state index contributed by atoms with van der Waals surface area (Å²) in [5.74, 6) is -0.632. The van der Waals surface area contributed by atoms with E-state index in [1.54, 1.807) is 7.11 Å². The summed E-state index contributed by atoms with van der Waals surface area (Å²) in [6.07, 6.45) is 8.24. The van der Waals surface area contributed by atoms with Gasteiger partial charge in [-0.3, -0.25) is 9.69 Å². The molecule has 110 valence electrons. The molecule has 3 unspecified atom stereocenters. The summed E-state index contributed by atoms with van der Waals surface area (Å²) in [5, 5.41) is 9.77. The topological polar surface area (TPSA) is 49.8 Å². The molecule has 1 saturated heterocycles. The van der Waals surface area contributed by atoms with Gasteiger partial charge in [0, 0.05) is 13.2 Å². The van der Waals surface area contributed by atoms with E-state index < -0.39 is 11.5 Å². The van der Waals surface area contributed by atoms with Crippen molar-refractivity contribution in [3.63, 3.8) is 0 Å². The van der Waals surface area contributed by atoms with Gasteiger partial charge in [-0.1, -0.05) is 26.2 Å². The maximum Gasteiger partial charge on any atom is 0.324 e. The third kappa shape index (κ3) is 2.65. The summed E-state index contributed by atoms with van der Waals surface area (Å²) in [4.78, 5) is 14.1. The molecule has 0 radical (unpaired) electrons. The molecule has 1 aliphatic carbocycles. The Morgan fingerprint density at radius 3 is 2.74 bits per heavy atom. The summed E-state index contributed by atoms with van der Waals surface area (Å²) in [5.41, 5.74) is -0.631. The Balaban J connectivity index is 2.22. The fourth-order valence-corrected chi connectivity index (χ4v) is 4.11. The number of hydrogen-bond acceptors (Lipinski definition) is 3. The van der Waals surface area contributed by atoms with Crippen LogP contribution in [0, 0.1) is 0 Å². The van der Waals surface area contributed by atoms with Crippen molar-refractivity contribution in [1.29, 1.82) is 0 Å². The van der Waals surface area contributed by atoms with Crippen molar-refractivity contribution >= 4 is 5.97 Å². The van der Waals surface area contributed by atoms with E-state index in [4.69, 9.17) is 4.74 Å². The van der Waals surface area contributed by atoms with Gasteiger partial charge >= 0.3 is 5.97 Å². The van der Waals surface area contributed by atoms with Crippen LogP contribution in [-0.2, 0) is 9.53 Å². The van der Waals surface area contributed by atoms with Crippen LogP contribution in [0.2, 0.25) is 0 Å². The molecule has 3 atom stereocenters. The molecule has 0 aromatic rings. The number of carbonyl (C=O) groups is 1. The maximum absolute atomic E-state index is 11.9. The van der Waals surface area contributed by atoms with Gasteiger partial charge in [0.1, 0.15) is 5.54 Å². The molecule has 4 heteroatoms. The highest BCUT2D eigenvalue weighted by Gasteiger charge is 2.51. The van der Waals surface area contributed by atoms with Crippen molar-refractivity contribution in [1.82, 2.24) is 4.90 Å². The Morgan fingerprint density at radius 1 is 1.37 bits per heavy atom. The van der Waals surface area contributed by atoms with E-state index in [2.05, 4.69) is 11.8 Å². The van der Waals surface area contributed by atoms with Gasteiger partial charge in [0.05, 0.1) is 6.10 Å². The Labute approximate surface area is 116 Å². The first kappa shape index (κ1) is 14.8. The Hall–Kier alpha value is -0.610. The van der Waals surface area contributed by atoms with Crippen molar-refractivity contribution in [2.45, 2.75) is 76.0 Å². The van der Waals surface area contributed by atoms with E-state index >= 15 is 0 Å². The lowest BCUT2D eigenvalue weighted by Gasteiger charge is -2.44. The fraction of sp³-hybridized carbons (Fsp3) is 0.933. The lowest BCUT2D eigenvalue weighted by atomic mass is 9.85. The second-order valence-electron chi connectivity index (χ2n) is 6.01. The molecule has 0 bridgehead atoms. The number of carboxylic acids is 1. The number of hydrogen-bond donors (Lipinski definition) is 1. The van der Waals surface area contributed by atoms with Crippen LogP contribution in [0.5, 0.6) is 0 Å². The van der Waals surface area contributed by atoms with Gasteiger partial charge in [0.15, 0.2) is 0 Å². The molecule has 1 N–H and O–H groups in total. The minimum absolute atomic E-state index is 0.211. The van der Waals surface area contributed by atoms with Gasteiger partial charge in [-0.25, -0.2) is 0 Å². The van der Waals surface area contributed by atoms with E-state index in [-0.39, 0.29) is 6.10 Å². The molecule has 1 saturated carbocycles. The highest BCUT2D eigenvalue weighted by Crippen LogP contribution is 2.39. The summed E-state index contributed by atoms with van der Waals surface area (Å²) >= 11 is 0. The standard InChI is InChI=1S/C15H27NO3/c1-3-9-15(14(17)18)10-6-11-16(15)12-7-4-5-8-13(12)19-2/h12-13H,3-11H2,1-2H3,(H,17,18). The molecule has 0 spiro atoms. The van der Waals surface area contributed by atoms with Crippen LogP contribution in [0.25, 0.3) is 0 Å². The Kier molecular flexibility index (Phi) is 4.85. The Morgan fingerprint density at radius 2 is 2.11 bits per heavy atom. The summed E-state index contributed by atoms with van der Waals surface area (Å²) in [6, 6.07) is 0.295. The maximum atomic E-state index is 11.9. The smallest absolute Gasteiger partial charge is 0.324 e. The Bertz CT molecular complexity index is 321. The number of methoxy groups -OCH3 is 1.